The number of nitrogens with zero attached hydrogens (tertiary/aromatic N) is 2. The summed E-state index contributed by atoms with van der Waals surface area (Å²) in [5.74, 6) is 3.53. The van der Waals surface area contributed by atoms with E-state index < -0.39 is 0 Å². The minimum absolute atomic E-state index is 0.645. The fourth-order valence-electron chi connectivity index (χ4n) is 3.48. The predicted molar refractivity (Wildman–Crippen MR) is 90.7 cm³/mol. The first-order valence-corrected chi connectivity index (χ1v) is 8.85. The number of likely N-dealkylation sites (tertiary alicyclic amines) is 1. The van der Waals surface area contributed by atoms with Crippen molar-refractivity contribution in [1.29, 1.82) is 0 Å². The zero-order chi connectivity index (χ0) is 15.2. The van der Waals surface area contributed by atoms with Gasteiger partial charge in [-0.25, -0.2) is 0 Å². The molecule has 2 fully saturated rings. The molecule has 122 valence electrons. The molecule has 1 saturated heterocycles. The lowest BCUT2D eigenvalue weighted by molar-refractivity contribution is 0.140. The number of rotatable bonds is 6. The van der Waals surface area contributed by atoms with Crippen LogP contribution in [-0.4, -0.2) is 49.6 Å². The highest BCUT2D eigenvalue weighted by molar-refractivity contribution is 5.80. The molecule has 0 radical (unpaired) electrons. The summed E-state index contributed by atoms with van der Waals surface area (Å²) >= 11 is 0. The first-order valence-electron chi connectivity index (χ1n) is 8.85. The molecular formula is C17H34N4. The van der Waals surface area contributed by atoms with Gasteiger partial charge in [-0.15, -0.1) is 0 Å². The standard InChI is InChI=1S/C17H34N4/c1-5-18-17(20-16-10-15(16)4)19-7-6-8-21-11-13(2)9-14(3)12-21/h13-16H,5-12H2,1-4H3,(H2,18,19,20). The zero-order valence-corrected chi connectivity index (χ0v) is 14.4. The van der Waals surface area contributed by atoms with Crippen LogP contribution in [-0.2, 0) is 0 Å². The van der Waals surface area contributed by atoms with Gasteiger partial charge in [-0.05, 0) is 50.5 Å². The molecule has 0 aromatic heterocycles. The topological polar surface area (TPSA) is 39.7 Å². The Hall–Kier alpha value is -0.770. The van der Waals surface area contributed by atoms with E-state index in [4.69, 9.17) is 4.99 Å². The Bertz CT molecular complexity index is 332. The van der Waals surface area contributed by atoms with Crippen LogP contribution in [0.4, 0.5) is 0 Å². The van der Waals surface area contributed by atoms with Gasteiger partial charge in [0.1, 0.15) is 0 Å². The van der Waals surface area contributed by atoms with Crippen LogP contribution in [0.25, 0.3) is 0 Å². The van der Waals surface area contributed by atoms with E-state index in [0.717, 1.165) is 43.2 Å². The number of guanidine groups is 1. The summed E-state index contributed by atoms with van der Waals surface area (Å²) in [5.41, 5.74) is 0. The molecule has 1 saturated carbocycles. The Balaban J connectivity index is 1.67. The van der Waals surface area contributed by atoms with Gasteiger partial charge in [-0.3, -0.25) is 4.99 Å². The van der Waals surface area contributed by atoms with Crippen LogP contribution in [0.5, 0.6) is 0 Å². The van der Waals surface area contributed by atoms with Crippen molar-refractivity contribution in [2.45, 2.75) is 53.0 Å². The Morgan fingerprint density at radius 2 is 1.81 bits per heavy atom. The third-order valence-electron chi connectivity index (χ3n) is 4.62. The Morgan fingerprint density at radius 1 is 1.14 bits per heavy atom. The molecule has 1 aliphatic heterocycles. The van der Waals surface area contributed by atoms with Crippen molar-refractivity contribution in [3.63, 3.8) is 0 Å². The van der Waals surface area contributed by atoms with E-state index in [-0.39, 0.29) is 0 Å². The van der Waals surface area contributed by atoms with Gasteiger partial charge in [0.2, 0.25) is 0 Å². The van der Waals surface area contributed by atoms with E-state index in [9.17, 15) is 0 Å². The van der Waals surface area contributed by atoms with Gasteiger partial charge >= 0.3 is 0 Å². The minimum atomic E-state index is 0.645. The summed E-state index contributed by atoms with van der Waals surface area (Å²) in [5, 5.41) is 6.87. The van der Waals surface area contributed by atoms with Gasteiger partial charge < -0.3 is 15.5 Å². The van der Waals surface area contributed by atoms with Crippen molar-refractivity contribution in [3.05, 3.63) is 0 Å². The predicted octanol–water partition coefficient (Wildman–Crippen LogP) is 2.32. The quantitative estimate of drug-likeness (QED) is 0.449. The first kappa shape index (κ1) is 16.6. The molecule has 0 aromatic rings. The smallest absolute Gasteiger partial charge is 0.191 e. The van der Waals surface area contributed by atoms with Crippen LogP contribution in [0.2, 0.25) is 0 Å². The van der Waals surface area contributed by atoms with E-state index >= 15 is 0 Å². The monoisotopic (exact) mass is 294 g/mol. The van der Waals surface area contributed by atoms with Crippen molar-refractivity contribution < 1.29 is 0 Å². The average Bonchev–Trinajstić information content (AvgIpc) is 3.09. The van der Waals surface area contributed by atoms with Gasteiger partial charge in [0.25, 0.3) is 0 Å². The molecule has 21 heavy (non-hydrogen) atoms. The number of nitrogens with one attached hydrogen (secondary N) is 2. The van der Waals surface area contributed by atoms with E-state index in [2.05, 4.69) is 43.2 Å². The fourth-order valence-corrected chi connectivity index (χ4v) is 3.48. The lowest BCUT2D eigenvalue weighted by atomic mass is 9.92. The second-order valence-corrected chi connectivity index (χ2v) is 7.28. The van der Waals surface area contributed by atoms with Crippen LogP contribution in [0.3, 0.4) is 0 Å². The minimum Gasteiger partial charge on any atom is -0.357 e. The molecule has 1 aliphatic carbocycles. The summed E-state index contributed by atoms with van der Waals surface area (Å²) in [4.78, 5) is 7.34. The molecule has 2 rings (SSSR count). The highest BCUT2D eigenvalue weighted by Gasteiger charge is 2.33. The van der Waals surface area contributed by atoms with Crippen molar-refractivity contribution >= 4 is 5.96 Å². The number of hydrogen-bond donors (Lipinski definition) is 2. The lowest BCUT2D eigenvalue weighted by Gasteiger charge is -2.34. The molecular weight excluding hydrogens is 260 g/mol. The highest BCUT2D eigenvalue weighted by Crippen LogP contribution is 2.28. The van der Waals surface area contributed by atoms with Crippen LogP contribution >= 0.6 is 0 Å². The summed E-state index contributed by atoms with van der Waals surface area (Å²) in [6.45, 7) is 14.8. The summed E-state index contributed by atoms with van der Waals surface area (Å²) in [6, 6.07) is 0.645. The summed E-state index contributed by atoms with van der Waals surface area (Å²) < 4.78 is 0. The molecule has 0 amide bonds. The maximum absolute atomic E-state index is 4.72. The largest absolute Gasteiger partial charge is 0.357 e. The number of aliphatic imine (C=N–C) groups is 1. The van der Waals surface area contributed by atoms with Gasteiger partial charge in [-0.2, -0.15) is 0 Å². The first-order chi connectivity index (χ1) is 10.1. The molecule has 4 unspecified atom stereocenters. The Kier molecular flexibility index (Phi) is 6.34. The van der Waals surface area contributed by atoms with Crippen LogP contribution in [0.1, 0.15) is 47.0 Å². The van der Waals surface area contributed by atoms with Crippen molar-refractivity contribution in [2.24, 2.45) is 22.7 Å². The third-order valence-corrected chi connectivity index (χ3v) is 4.62. The molecule has 0 spiro atoms. The molecule has 2 aliphatic rings. The third kappa shape index (κ3) is 5.85. The Morgan fingerprint density at radius 3 is 2.38 bits per heavy atom. The molecule has 4 atom stereocenters. The summed E-state index contributed by atoms with van der Waals surface area (Å²) in [6.07, 6.45) is 3.84. The van der Waals surface area contributed by atoms with Crippen LogP contribution < -0.4 is 10.6 Å². The van der Waals surface area contributed by atoms with Gasteiger partial charge in [0.15, 0.2) is 5.96 Å². The van der Waals surface area contributed by atoms with E-state index in [0.29, 0.717) is 6.04 Å². The molecule has 4 heteroatoms. The number of piperidine rings is 1. The van der Waals surface area contributed by atoms with Crippen molar-refractivity contribution in [2.75, 3.05) is 32.7 Å². The second-order valence-electron chi connectivity index (χ2n) is 7.28. The van der Waals surface area contributed by atoms with E-state index in [1.807, 2.05) is 0 Å². The second kappa shape index (κ2) is 8.02. The van der Waals surface area contributed by atoms with E-state index in [1.54, 1.807) is 0 Å². The van der Waals surface area contributed by atoms with Crippen LogP contribution in [0.15, 0.2) is 4.99 Å². The average molecular weight is 294 g/mol. The van der Waals surface area contributed by atoms with E-state index in [1.165, 1.54) is 32.5 Å². The molecule has 2 N–H and O–H groups in total. The zero-order valence-electron chi connectivity index (χ0n) is 14.4. The van der Waals surface area contributed by atoms with Gasteiger partial charge in [0.05, 0.1) is 0 Å². The van der Waals surface area contributed by atoms with Gasteiger partial charge in [0, 0.05) is 32.2 Å². The number of hydrogen-bond acceptors (Lipinski definition) is 2. The normalized spacial score (nSPS) is 33.8. The molecule has 0 bridgehead atoms. The maximum atomic E-state index is 4.72. The van der Waals surface area contributed by atoms with Gasteiger partial charge in [-0.1, -0.05) is 20.8 Å². The van der Waals surface area contributed by atoms with Crippen molar-refractivity contribution in [1.82, 2.24) is 15.5 Å². The Labute approximate surface area is 130 Å². The summed E-state index contributed by atoms with van der Waals surface area (Å²) in [7, 11) is 0. The van der Waals surface area contributed by atoms with Crippen molar-refractivity contribution in [3.8, 4) is 0 Å². The molecule has 0 aromatic carbocycles. The van der Waals surface area contributed by atoms with Crippen LogP contribution in [0, 0.1) is 17.8 Å². The maximum Gasteiger partial charge on any atom is 0.191 e. The fraction of sp³-hybridized carbons (Fsp3) is 0.941. The molecule has 4 nitrogen and oxygen atoms in total. The highest BCUT2D eigenvalue weighted by atomic mass is 15.2. The molecule has 1 heterocycles. The SMILES string of the molecule is CCNC(=NCCCN1CC(C)CC(C)C1)NC1CC1C. The lowest BCUT2D eigenvalue weighted by Crippen LogP contribution is -2.40.